The van der Waals surface area contributed by atoms with Gasteiger partial charge in [0, 0.05) is 23.2 Å². The van der Waals surface area contributed by atoms with Crippen molar-refractivity contribution >= 4 is 35.1 Å². The van der Waals surface area contributed by atoms with E-state index < -0.39 is 24.1 Å². The highest BCUT2D eigenvalue weighted by molar-refractivity contribution is 6.21. The number of urea groups is 1. The Kier molecular flexibility index (Phi) is 8.83. The number of rotatable bonds is 9. The van der Waals surface area contributed by atoms with Crippen LogP contribution in [0, 0.1) is 6.92 Å². The Morgan fingerprint density at radius 3 is 2.38 bits per heavy atom. The van der Waals surface area contributed by atoms with Crippen molar-refractivity contribution in [3.05, 3.63) is 101 Å². The second-order valence-electron chi connectivity index (χ2n) is 8.88. The maximum absolute atomic E-state index is 13.9. The first kappa shape index (κ1) is 27.3. The van der Waals surface area contributed by atoms with Gasteiger partial charge in [-0.3, -0.25) is 14.4 Å². The minimum Gasteiger partial charge on any atom is -0.466 e. The van der Waals surface area contributed by atoms with Gasteiger partial charge in [-0.25, -0.2) is 9.79 Å². The maximum Gasteiger partial charge on any atom is 0.316 e. The molecule has 0 unspecified atom stereocenters. The maximum atomic E-state index is 13.9. The van der Waals surface area contributed by atoms with Crippen molar-refractivity contribution < 1.29 is 23.9 Å². The lowest BCUT2D eigenvalue weighted by atomic mass is 9.99. The van der Waals surface area contributed by atoms with Crippen LogP contribution in [0.1, 0.15) is 40.4 Å². The number of esters is 1. The van der Waals surface area contributed by atoms with E-state index in [1.54, 1.807) is 31.2 Å². The molecule has 3 aromatic carbocycles. The number of benzodiazepines with no additional fused rings is 1. The fraction of sp³-hybridized carbons (Fsp3) is 0.233. The molecule has 4 rings (SSSR count). The number of ketones is 1. The molecule has 0 bridgehead atoms. The number of aliphatic imine (C=N–C) groups is 1. The van der Waals surface area contributed by atoms with Crippen molar-refractivity contribution in [1.82, 2.24) is 10.6 Å². The molecule has 9 nitrogen and oxygen atoms in total. The molecule has 200 valence electrons. The van der Waals surface area contributed by atoms with Gasteiger partial charge in [-0.05, 0) is 25.5 Å². The van der Waals surface area contributed by atoms with E-state index in [4.69, 9.17) is 4.74 Å². The van der Waals surface area contributed by atoms with Crippen LogP contribution in [0.2, 0.25) is 0 Å². The van der Waals surface area contributed by atoms with Crippen LogP contribution in [0.5, 0.6) is 0 Å². The summed E-state index contributed by atoms with van der Waals surface area (Å²) in [6.45, 7) is 3.58. The number of benzene rings is 3. The van der Waals surface area contributed by atoms with Crippen LogP contribution in [0.15, 0.2) is 83.9 Å². The predicted molar refractivity (Wildman–Crippen MR) is 148 cm³/mol. The molecule has 0 radical (unpaired) electrons. The average molecular weight is 527 g/mol. The largest absolute Gasteiger partial charge is 0.466 e. The molecular formula is C30H30N4O5. The summed E-state index contributed by atoms with van der Waals surface area (Å²) >= 11 is 0. The Morgan fingerprint density at radius 1 is 0.949 bits per heavy atom. The number of hydrogen-bond donors (Lipinski definition) is 2. The molecule has 1 aliphatic rings. The number of ether oxygens (including phenoxy) is 1. The Bertz CT molecular complexity index is 1400. The number of hydrogen-bond acceptors (Lipinski definition) is 6. The molecule has 9 heteroatoms. The molecule has 2 N–H and O–H groups in total. The molecule has 0 saturated heterocycles. The van der Waals surface area contributed by atoms with Gasteiger partial charge in [0.15, 0.2) is 5.78 Å². The number of carbonyl (C=O) groups excluding carboxylic acids is 4. The van der Waals surface area contributed by atoms with E-state index in [0.29, 0.717) is 22.5 Å². The zero-order chi connectivity index (χ0) is 27.8. The Morgan fingerprint density at radius 2 is 1.64 bits per heavy atom. The standard InChI is InChI=1S/C30H30N4O5/c1-3-39-26(36)17-18-31-30(38)33-28-29(37)34(19-25(35)22-14-8-7-11-20(22)2)24-16-10-9-15-23(24)27(32-28)21-12-5-4-6-13-21/h4-16,28H,3,17-19H2,1-2H3,(H2,31,33,38)/t28-/m0/s1. The van der Waals surface area contributed by atoms with Gasteiger partial charge in [-0.1, -0.05) is 72.8 Å². The number of nitrogens with zero attached hydrogens (tertiary/aromatic N) is 2. The minimum absolute atomic E-state index is 0.0130. The van der Waals surface area contributed by atoms with Crippen LogP contribution < -0.4 is 15.5 Å². The molecular weight excluding hydrogens is 496 g/mol. The number of carbonyl (C=O) groups is 4. The predicted octanol–water partition coefficient (Wildman–Crippen LogP) is 3.64. The zero-order valence-corrected chi connectivity index (χ0v) is 21.8. The highest BCUT2D eigenvalue weighted by atomic mass is 16.5. The van der Waals surface area contributed by atoms with E-state index in [9.17, 15) is 19.2 Å². The summed E-state index contributed by atoms with van der Waals surface area (Å²) in [4.78, 5) is 57.7. The van der Waals surface area contributed by atoms with Crippen molar-refractivity contribution in [2.24, 2.45) is 4.99 Å². The van der Waals surface area contributed by atoms with Crippen molar-refractivity contribution in [2.45, 2.75) is 26.4 Å². The summed E-state index contributed by atoms with van der Waals surface area (Å²) in [6.07, 6.45) is -1.33. The van der Waals surface area contributed by atoms with Crippen molar-refractivity contribution in [2.75, 3.05) is 24.6 Å². The van der Waals surface area contributed by atoms with E-state index in [1.165, 1.54) is 4.90 Å². The van der Waals surface area contributed by atoms with Gasteiger partial charge in [-0.15, -0.1) is 0 Å². The fourth-order valence-electron chi connectivity index (χ4n) is 4.31. The van der Waals surface area contributed by atoms with E-state index in [0.717, 1.165) is 11.1 Å². The number of amides is 3. The Balaban J connectivity index is 1.68. The van der Waals surface area contributed by atoms with Crippen LogP contribution >= 0.6 is 0 Å². The lowest BCUT2D eigenvalue weighted by molar-refractivity contribution is -0.142. The monoisotopic (exact) mass is 526 g/mol. The summed E-state index contributed by atoms with van der Waals surface area (Å²) in [6, 6.07) is 23.1. The molecule has 0 spiro atoms. The molecule has 0 saturated carbocycles. The number of Topliss-reactive ketones (excluding diaryl/α,β-unsaturated/α-hetero) is 1. The van der Waals surface area contributed by atoms with Crippen molar-refractivity contribution in [3.8, 4) is 0 Å². The number of para-hydroxylation sites is 1. The quantitative estimate of drug-likeness (QED) is 0.326. The van der Waals surface area contributed by atoms with Gasteiger partial charge in [0.05, 0.1) is 31.0 Å². The molecule has 0 aromatic heterocycles. The topological polar surface area (TPSA) is 117 Å². The molecule has 39 heavy (non-hydrogen) atoms. The number of nitrogens with one attached hydrogen (secondary N) is 2. The van der Waals surface area contributed by atoms with Crippen molar-refractivity contribution in [1.29, 1.82) is 0 Å². The van der Waals surface area contributed by atoms with Crippen LogP contribution in [0.25, 0.3) is 0 Å². The van der Waals surface area contributed by atoms with E-state index in [1.807, 2.05) is 61.5 Å². The van der Waals surface area contributed by atoms with Crippen LogP contribution in [0.3, 0.4) is 0 Å². The average Bonchev–Trinajstić information content (AvgIpc) is 3.04. The minimum atomic E-state index is -1.32. The van der Waals surface area contributed by atoms with E-state index in [-0.39, 0.29) is 31.9 Å². The third-order valence-electron chi connectivity index (χ3n) is 6.19. The first-order valence-electron chi connectivity index (χ1n) is 12.7. The molecule has 1 aliphatic heterocycles. The normalized spacial score (nSPS) is 14.5. The molecule has 0 aliphatic carbocycles. The second-order valence-corrected chi connectivity index (χ2v) is 8.88. The van der Waals surface area contributed by atoms with Crippen LogP contribution in [0.4, 0.5) is 10.5 Å². The lowest BCUT2D eigenvalue weighted by Crippen LogP contribution is -2.51. The first-order valence-corrected chi connectivity index (χ1v) is 12.7. The zero-order valence-electron chi connectivity index (χ0n) is 21.8. The second kappa shape index (κ2) is 12.6. The summed E-state index contributed by atoms with van der Waals surface area (Å²) in [5.74, 6) is -1.24. The summed E-state index contributed by atoms with van der Waals surface area (Å²) < 4.78 is 4.88. The number of fused-ring (bicyclic) bond motifs is 1. The van der Waals surface area contributed by atoms with Gasteiger partial charge in [0.25, 0.3) is 5.91 Å². The number of aryl methyl sites for hydroxylation is 1. The van der Waals surface area contributed by atoms with Gasteiger partial charge in [0.2, 0.25) is 6.17 Å². The van der Waals surface area contributed by atoms with Crippen LogP contribution in [-0.4, -0.2) is 55.3 Å². The molecule has 1 heterocycles. The van der Waals surface area contributed by atoms with Gasteiger partial charge in [-0.2, -0.15) is 0 Å². The smallest absolute Gasteiger partial charge is 0.316 e. The van der Waals surface area contributed by atoms with Crippen LogP contribution in [-0.2, 0) is 14.3 Å². The van der Waals surface area contributed by atoms with Crippen molar-refractivity contribution in [3.63, 3.8) is 0 Å². The summed E-state index contributed by atoms with van der Waals surface area (Å²) in [7, 11) is 0. The SMILES string of the molecule is CCOC(=O)CCNC(=O)N[C@@H]1N=C(c2ccccc2)c2ccccc2N(CC(=O)c2ccccc2C)C1=O. The van der Waals surface area contributed by atoms with Gasteiger partial charge < -0.3 is 20.3 Å². The van der Waals surface area contributed by atoms with Gasteiger partial charge in [0.1, 0.15) is 0 Å². The molecule has 1 atom stereocenters. The summed E-state index contributed by atoms with van der Waals surface area (Å²) in [5.41, 5.74) is 3.73. The molecule has 0 fully saturated rings. The van der Waals surface area contributed by atoms with Gasteiger partial charge >= 0.3 is 12.0 Å². The third-order valence-corrected chi connectivity index (χ3v) is 6.19. The highest BCUT2D eigenvalue weighted by Crippen LogP contribution is 2.28. The fourth-order valence-corrected chi connectivity index (χ4v) is 4.31. The van der Waals surface area contributed by atoms with E-state index >= 15 is 0 Å². The number of anilines is 1. The Hall–Kier alpha value is -4.79. The van der Waals surface area contributed by atoms with E-state index in [2.05, 4.69) is 15.6 Å². The molecule has 3 amide bonds. The Labute approximate surface area is 226 Å². The first-order chi connectivity index (χ1) is 18.9. The lowest BCUT2D eigenvalue weighted by Gasteiger charge is -2.25. The summed E-state index contributed by atoms with van der Waals surface area (Å²) in [5, 5.41) is 5.18. The third kappa shape index (κ3) is 6.56. The highest BCUT2D eigenvalue weighted by Gasteiger charge is 2.34. The molecule has 3 aromatic rings.